The van der Waals surface area contributed by atoms with E-state index in [-0.39, 0.29) is 12.1 Å². The maximum atomic E-state index is 12.2. The Morgan fingerprint density at radius 1 is 1.47 bits per heavy atom. The van der Waals surface area contributed by atoms with Crippen molar-refractivity contribution in [3.8, 4) is 0 Å². The average molecular weight is 226 g/mol. The van der Waals surface area contributed by atoms with E-state index in [1.807, 2.05) is 13.8 Å². The summed E-state index contributed by atoms with van der Waals surface area (Å²) in [7, 11) is 0. The maximum Gasteiger partial charge on any atom is 0.415 e. The molecule has 3 nitrogen and oxygen atoms in total. The molecule has 1 heterocycles. The van der Waals surface area contributed by atoms with Crippen LogP contribution < -0.4 is 5.32 Å². The highest BCUT2D eigenvalue weighted by atomic mass is 19.4. The molecule has 1 unspecified atom stereocenters. The number of β-amino-alcohol motifs (C(OH)–C–C–N with tert-alkyl or cyclic N) is 1. The number of aliphatic hydroxyl groups excluding tert-OH is 1. The first-order valence-corrected chi connectivity index (χ1v) is 4.94. The van der Waals surface area contributed by atoms with Crippen molar-refractivity contribution in [3.63, 3.8) is 0 Å². The molecule has 0 aliphatic carbocycles. The summed E-state index contributed by atoms with van der Waals surface area (Å²) < 4.78 is 36.5. The average Bonchev–Trinajstić information content (AvgIpc) is 2.06. The van der Waals surface area contributed by atoms with E-state index in [0.717, 1.165) is 0 Å². The summed E-state index contributed by atoms with van der Waals surface area (Å²) in [6.07, 6.45) is -6.78. The highest BCUT2D eigenvalue weighted by Gasteiger charge is 2.41. The Hall–Kier alpha value is -0.330. The molecular formula is C9H17F3N2O. The monoisotopic (exact) mass is 226 g/mol. The van der Waals surface area contributed by atoms with E-state index < -0.39 is 12.3 Å². The number of hydrogen-bond acceptors (Lipinski definition) is 3. The predicted octanol–water partition coefficient (Wildman–Crippen LogP) is 0.593. The third-order valence-corrected chi connectivity index (χ3v) is 2.74. The number of halogens is 3. The van der Waals surface area contributed by atoms with Crippen LogP contribution in [-0.2, 0) is 0 Å². The maximum absolute atomic E-state index is 12.2. The summed E-state index contributed by atoms with van der Waals surface area (Å²) in [5.41, 5.74) is -0.343. The van der Waals surface area contributed by atoms with Crippen LogP contribution >= 0.6 is 0 Å². The molecule has 0 aromatic rings. The molecule has 0 aromatic carbocycles. The van der Waals surface area contributed by atoms with Crippen LogP contribution in [0.4, 0.5) is 13.2 Å². The van der Waals surface area contributed by atoms with E-state index in [4.69, 9.17) is 5.11 Å². The van der Waals surface area contributed by atoms with Crippen LogP contribution in [0.2, 0.25) is 0 Å². The molecule has 0 saturated carbocycles. The van der Waals surface area contributed by atoms with Crippen molar-refractivity contribution in [1.82, 2.24) is 10.2 Å². The fraction of sp³-hybridized carbons (Fsp3) is 1.00. The van der Waals surface area contributed by atoms with Crippen LogP contribution in [0.25, 0.3) is 0 Å². The first kappa shape index (κ1) is 12.7. The first-order chi connectivity index (χ1) is 6.73. The first-order valence-electron chi connectivity index (χ1n) is 4.94. The largest absolute Gasteiger partial charge is 0.415 e. The van der Waals surface area contributed by atoms with Crippen molar-refractivity contribution >= 4 is 0 Å². The van der Waals surface area contributed by atoms with Gasteiger partial charge < -0.3 is 10.4 Å². The molecule has 1 fully saturated rings. The van der Waals surface area contributed by atoms with Crippen LogP contribution in [0.1, 0.15) is 13.8 Å². The highest BCUT2D eigenvalue weighted by molar-refractivity contribution is 4.90. The lowest BCUT2D eigenvalue weighted by Crippen LogP contribution is -2.60. The lowest BCUT2D eigenvalue weighted by Gasteiger charge is -2.43. The fourth-order valence-electron chi connectivity index (χ4n) is 1.67. The van der Waals surface area contributed by atoms with Gasteiger partial charge in [0.2, 0.25) is 0 Å². The molecule has 0 aromatic heterocycles. The molecule has 0 spiro atoms. The van der Waals surface area contributed by atoms with Crippen LogP contribution in [0.5, 0.6) is 0 Å². The topological polar surface area (TPSA) is 35.5 Å². The zero-order valence-corrected chi connectivity index (χ0v) is 8.93. The molecule has 15 heavy (non-hydrogen) atoms. The van der Waals surface area contributed by atoms with Gasteiger partial charge in [0.15, 0.2) is 6.10 Å². The molecule has 0 radical (unpaired) electrons. The molecular weight excluding hydrogens is 209 g/mol. The van der Waals surface area contributed by atoms with Gasteiger partial charge in [0.25, 0.3) is 0 Å². The number of aliphatic hydroxyl groups is 1. The van der Waals surface area contributed by atoms with Crippen molar-refractivity contribution in [2.24, 2.45) is 0 Å². The highest BCUT2D eigenvalue weighted by Crippen LogP contribution is 2.24. The SMILES string of the molecule is CC1(C)CNCCN1CC(O)C(F)(F)F. The van der Waals surface area contributed by atoms with Crippen molar-refractivity contribution in [3.05, 3.63) is 0 Å². The van der Waals surface area contributed by atoms with Gasteiger partial charge in [-0.15, -0.1) is 0 Å². The molecule has 1 aliphatic heterocycles. The van der Waals surface area contributed by atoms with Gasteiger partial charge >= 0.3 is 6.18 Å². The lowest BCUT2D eigenvalue weighted by molar-refractivity contribution is -0.211. The molecule has 1 aliphatic rings. The van der Waals surface area contributed by atoms with Crippen LogP contribution in [-0.4, -0.2) is 54.0 Å². The number of piperazine rings is 1. The van der Waals surface area contributed by atoms with Gasteiger partial charge in [-0.05, 0) is 13.8 Å². The summed E-state index contributed by atoms with van der Waals surface area (Å²) in [5.74, 6) is 0. The normalized spacial score (nSPS) is 25.2. The second-order valence-corrected chi connectivity index (χ2v) is 4.49. The molecule has 1 atom stereocenters. The zero-order valence-electron chi connectivity index (χ0n) is 8.93. The van der Waals surface area contributed by atoms with E-state index in [0.29, 0.717) is 19.6 Å². The van der Waals surface area contributed by atoms with E-state index in [9.17, 15) is 13.2 Å². The number of alkyl halides is 3. The third kappa shape index (κ3) is 3.32. The molecule has 6 heteroatoms. The standard InChI is InChI=1S/C9H17F3N2O/c1-8(2)6-13-3-4-14(8)5-7(15)9(10,11)12/h7,13,15H,3-6H2,1-2H3. The van der Waals surface area contributed by atoms with Crippen molar-refractivity contribution in [1.29, 1.82) is 0 Å². The summed E-state index contributed by atoms with van der Waals surface area (Å²) >= 11 is 0. The third-order valence-electron chi connectivity index (χ3n) is 2.74. The number of nitrogens with zero attached hydrogens (tertiary/aromatic N) is 1. The summed E-state index contributed by atoms with van der Waals surface area (Å²) in [6, 6.07) is 0. The van der Waals surface area contributed by atoms with Gasteiger partial charge in [-0.2, -0.15) is 13.2 Å². The van der Waals surface area contributed by atoms with Gasteiger partial charge in [0.1, 0.15) is 0 Å². The smallest absolute Gasteiger partial charge is 0.382 e. The Kier molecular flexibility index (Phi) is 3.63. The Labute approximate surface area is 87.3 Å². The number of nitrogens with one attached hydrogen (secondary N) is 1. The van der Waals surface area contributed by atoms with Crippen molar-refractivity contribution in [2.75, 3.05) is 26.2 Å². The molecule has 2 N–H and O–H groups in total. The van der Waals surface area contributed by atoms with E-state index in [1.54, 1.807) is 4.90 Å². The van der Waals surface area contributed by atoms with Crippen molar-refractivity contribution in [2.45, 2.75) is 31.7 Å². The van der Waals surface area contributed by atoms with Gasteiger partial charge in [0.05, 0.1) is 0 Å². The van der Waals surface area contributed by atoms with Gasteiger partial charge in [0, 0.05) is 31.7 Å². The Morgan fingerprint density at radius 2 is 2.07 bits per heavy atom. The molecule has 0 bridgehead atoms. The van der Waals surface area contributed by atoms with Gasteiger partial charge in [-0.1, -0.05) is 0 Å². The van der Waals surface area contributed by atoms with E-state index >= 15 is 0 Å². The van der Waals surface area contributed by atoms with Crippen LogP contribution in [0.15, 0.2) is 0 Å². The van der Waals surface area contributed by atoms with E-state index in [1.165, 1.54) is 0 Å². The van der Waals surface area contributed by atoms with Crippen LogP contribution in [0, 0.1) is 0 Å². The van der Waals surface area contributed by atoms with Crippen LogP contribution in [0.3, 0.4) is 0 Å². The molecule has 90 valence electrons. The zero-order chi connectivity index (χ0) is 11.7. The number of hydrogen-bond donors (Lipinski definition) is 2. The lowest BCUT2D eigenvalue weighted by atomic mass is 9.99. The summed E-state index contributed by atoms with van der Waals surface area (Å²) in [5, 5.41) is 12.1. The Balaban J connectivity index is 2.56. The second-order valence-electron chi connectivity index (χ2n) is 4.49. The Morgan fingerprint density at radius 3 is 2.53 bits per heavy atom. The van der Waals surface area contributed by atoms with E-state index in [2.05, 4.69) is 5.32 Å². The molecule has 0 amide bonds. The minimum Gasteiger partial charge on any atom is -0.382 e. The molecule has 1 rings (SSSR count). The fourth-order valence-corrected chi connectivity index (χ4v) is 1.67. The Bertz CT molecular complexity index is 218. The quantitative estimate of drug-likeness (QED) is 0.723. The predicted molar refractivity (Wildman–Crippen MR) is 50.6 cm³/mol. The van der Waals surface area contributed by atoms with Gasteiger partial charge in [-0.3, -0.25) is 4.90 Å². The van der Waals surface area contributed by atoms with Crippen molar-refractivity contribution < 1.29 is 18.3 Å². The van der Waals surface area contributed by atoms with Gasteiger partial charge in [-0.25, -0.2) is 0 Å². The minimum atomic E-state index is -4.53. The summed E-state index contributed by atoms with van der Waals surface area (Å²) in [4.78, 5) is 1.67. The molecule has 1 saturated heterocycles. The minimum absolute atomic E-state index is 0.343. The second kappa shape index (κ2) is 4.27. The number of rotatable bonds is 2. The summed E-state index contributed by atoms with van der Waals surface area (Å²) in [6.45, 7) is 5.20.